The van der Waals surface area contributed by atoms with Gasteiger partial charge in [0.15, 0.2) is 0 Å². The van der Waals surface area contributed by atoms with Crippen LogP contribution >= 0.6 is 11.6 Å². The van der Waals surface area contributed by atoms with E-state index in [2.05, 4.69) is 5.32 Å². The van der Waals surface area contributed by atoms with Gasteiger partial charge in [-0.3, -0.25) is 4.79 Å². The van der Waals surface area contributed by atoms with Crippen molar-refractivity contribution in [1.29, 1.82) is 0 Å². The maximum Gasteiger partial charge on any atom is 0.241 e. The average Bonchev–Trinajstić information content (AvgIpc) is 2.28. The normalized spacial score (nSPS) is 12.1. The second kappa shape index (κ2) is 6.61. The molecule has 0 spiro atoms. The zero-order valence-corrected chi connectivity index (χ0v) is 11.8. The molecule has 0 aromatic heterocycles. The van der Waals surface area contributed by atoms with Crippen LogP contribution in [0.3, 0.4) is 0 Å². The van der Waals surface area contributed by atoms with Crippen LogP contribution in [0.2, 0.25) is 5.02 Å². The van der Waals surface area contributed by atoms with Gasteiger partial charge < -0.3 is 16.0 Å². The standard InChI is InChI=1S/C13H20ClN3O/c1-4-5-11(15)13(18)16-9-6-7-12(17(2)3)10(14)8-9/h6-8,11H,4-5,15H2,1-3H3,(H,16,18)/t11-/m1/s1. The highest BCUT2D eigenvalue weighted by Crippen LogP contribution is 2.27. The molecule has 5 heteroatoms. The third-order valence-electron chi connectivity index (χ3n) is 2.63. The van der Waals surface area contributed by atoms with Gasteiger partial charge in [0.1, 0.15) is 0 Å². The third kappa shape index (κ3) is 3.89. The first kappa shape index (κ1) is 14.8. The summed E-state index contributed by atoms with van der Waals surface area (Å²) >= 11 is 6.12. The highest BCUT2D eigenvalue weighted by Gasteiger charge is 2.13. The molecule has 0 aliphatic heterocycles. The summed E-state index contributed by atoms with van der Waals surface area (Å²) in [7, 11) is 3.83. The second-order valence-corrected chi connectivity index (χ2v) is 4.85. The molecular formula is C13H20ClN3O. The summed E-state index contributed by atoms with van der Waals surface area (Å²) in [4.78, 5) is 13.7. The third-order valence-corrected chi connectivity index (χ3v) is 2.94. The van der Waals surface area contributed by atoms with Crippen molar-refractivity contribution >= 4 is 28.9 Å². The van der Waals surface area contributed by atoms with Gasteiger partial charge >= 0.3 is 0 Å². The molecule has 0 fully saturated rings. The Morgan fingerprint density at radius 2 is 2.17 bits per heavy atom. The Kier molecular flexibility index (Phi) is 5.44. The summed E-state index contributed by atoms with van der Waals surface area (Å²) in [6, 6.07) is 4.94. The topological polar surface area (TPSA) is 58.4 Å². The van der Waals surface area contributed by atoms with Crippen molar-refractivity contribution < 1.29 is 4.79 Å². The van der Waals surface area contributed by atoms with E-state index in [1.54, 1.807) is 6.07 Å². The monoisotopic (exact) mass is 269 g/mol. The van der Waals surface area contributed by atoms with E-state index >= 15 is 0 Å². The molecule has 100 valence electrons. The lowest BCUT2D eigenvalue weighted by Gasteiger charge is -2.16. The molecule has 0 radical (unpaired) electrons. The first-order chi connectivity index (χ1) is 8.45. The van der Waals surface area contributed by atoms with Crippen LogP contribution in [0.4, 0.5) is 11.4 Å². The van der Waals surface area contributed by atoms with Crippen LogP contribution in [0.25, 0.3) is 0 Å². The molecule has 18 heavy (non-hydrogen) atoms. The van der Waals surface area contributed by atoms with Gasteiger partial charge in [-0.05, 0) is 24.6 Å². The Morgan fingerprint density at radius 1 is 1.50 bits per heavy atom. The van der Waals surface area contributed by atoms with Gasteiger partial charge in [0, 0.05) is 19.8 Å². The number of hydrogen-bond acceptors (Lipinski definition) is 3. The van der Waals surface area contributed by atoms with E-state index in [9.17, 15) is 4.79 Å². The van der Waals surface area contributed by atoms with Crippen LogP contribution in [-0.2, 0) is 4.79 Å². The van der Waals surface area contributed by atoms with Crippen LogP contribution in [0.5, 0.6) is 0 Å². The molecule has 0 bridgehead atoms. The fourth-order valence-corrected chi connectivity index (χ4v) is 1.97. The van der Waals surface area contributed by atoms with Gasteiger partial charge in [0.2, 0.25) is 5.91 Å². The predicted octanol–water partition coefficient (Wildman–Crippen LogP) is 2.47. The van der Waals surface area contributed by atoms with Crippen molar-refractivity contribution in [2.45, 2.75) is 25.8 Å². The Hall–Kier alpha value is -1.26. The van der Waals surface area contributed by atoms with Crippen LogP contribution in [0, 0.1) is 0 Å². The first-order valence-electron chi connectivity index (χ1n) is 5.99. The molecule has 0 saturated carbocycles. The number of anilines is 2. The lowest BCUT2D eigenvalue weighted by molar-refractivity contribution is -0.117. The molecule has 1 atom stereocenters. The molecule has 1 rings (SSSR count). The molecular weight excluding hydrogens is 250 g/mol. The number of carbonyl (C=O) groups excluding carboxylic acids is 1. The number of hydrogen-bond donors (Lipinski definition) is 2. The van der Waals surface area contributed by atoms with E-state index in [-0.39, 0.29) is 5.91 Å². The quantitative estimate of drug-likeness (QED) is 0.863. The highest BCUT2D eigenvalue weighted by molar-refractivity contribution is 6.33. The molecule has 0 aliphatic carbocycles. The van der Waals surface area contributed by atoms with Crippen LogP contribution in [-0.4, -0.2) is 26.0 Å². The maximum absolute atomic E-state index is 11.7. The summed E-state index contributed by atoms with van der Waals surface area (Å²) in [5.41, 5.74) is 7.32. The first-order valence-corrected chi connectivity index (χ1v) is 6.36. The molecule has 1 aromatic carbocycles. The Labute approximate surface area is 113 Å². The number of halogens is 1. The van der Waals surface area contributed by atoms with E-state index in [0.717, 1.165) is 12.1 Å². The largest absolute Gasteiger partial charge is 0.376 e. The summed E-state index contributed by atoms with van der Waals surface area (Å²) in [6.45, 7) is 2.00. The van der Waals surface area contributed by atoms with Gasteiger partial charge in [0.25, 0.3) is 0 Å². The van der Waals surface area contributed by atoms with Crippen LogP contribution < -0.4 is 16.0 Å². The van der Waals surface area contributed by atoms with Crippen molar-refractivity contribution in [3.63, 3.8) is 0 Å². The number of nitrogens with zero attached hydrogens (tertiary/aromatic N) is 1. The van der Waals surface area contributed by atoms with E-state index < -0.39 is 6.04 Å². The SMILES string of the molecule is CCC[C@@H](N)C(=O)Nc1ccc(N(C)C)c(Cl)c1. The van der Waals surface area contributed by atoms with E-state index in [1.165, 1.54) is 0 Å². The van der Waals surface area contributed by atoms with Gasteiger partial charge in [-0.15, -0.1) is 0 Å². The van der Waals surface area contributed by atoms with Gasteiger partial charge in [-0.25, -0.2) is 0 Å². The van der Waals surface area contributed by atoms with Crippen molar-refractivity contribution in [3.8, 4) is 0 Å². The fourth-order valence-electron chi connectivity index (χ4n) is 1.62. The van der Waals surface area contributed by atoms with Crippen LogP contribution in [0.1, 0.15) is 19.8 Å². The highest BCUT2D eigenvalue weighted by atomic mass is 35.5. The Bertz CT molecular complexity index is 421. The number of amides is 1. The molecule has 4 nitrogen and oxygen atoms in total. The molecule has 0 unspecified atom stereocenters. The maximum atomic E-state index is 11.7. The van der Waals surface area contributed by atoms with Crippen molar-refractivity contribution in [1.82, 2.24) is 0 Å². The molecule has 0 saturated heterocycles. The van der Waals surface area contributed by atoms with Gasteiger partial charge in [-0.1, -0.05) is 24.9 Å². The number of carbonyl (C=O) groups is 1. The summed E-state index contributed by atoms with van der Waals surface area (Å²) < 4.78 is 0. The van der Waals surface area contributed by atoms with Crippen LogP contribution in [0.15, 0.2) is 18.2 Å². The fraction of sp³-hybridized carbons (Fsp3) is 0.462. The van der Waals surface area contributed by atoms with Crippen molar-refractivity contribution in [3.05, 3.63) is 23.2 Å². The molecule has 1 aromatic rings. The number of benzene rings is 1. The Morgan fingerprint density at radius 3 is 2.67 bits per heavy atom. The van der Waals surface area contributed by atoms with Gasteiger partial charge in [0.05, 0.1) is 16.8 Å². The number of nitrogens with one attached hydrogen (secondary N) is 1. The summed E-state index contributed by atoms with van der Waals surface area (Å²) in [5.74, 6) is -0.175. The Balaban J connectivity index is 2.74. The zero-order valence-electron chi connectivity index (χ0n) is 11.0. The van der Waals surface area contributed by atoms with E-state index in [1.807, 2.05) is 38.1 Å². The molecule has 0 aliphatic rings. The summed E-state index contributed by atoms with van der Waals surface area (Å²) in [6.07, 6.45) is 1.56. The lowest BCUT2D eigenvalue weighted by Crippen LogP contribution is -2.35. The smallest absolute Gasteiger partial charge is 0.241 e. The van der Waals surface area contributed by atoms with E-state index in [4.69, 9.17) is 17.3 Å². The van der Waals surface area contributed by atoms with Crippen molar-refractivity contribution in [2.75, 3.05) is 24.3 Å². The molecule has 0 heterocycles. The molecule has 1 amide bonds. The minimum absolute atomic E-state index is 0.175. The minimum atomic E-state index is -0.470. The lowest BCUT2D eigenvalue weighted by atomic mass is 10.1. The summed E-state index contributed by atoms with van der Waals surface area (Å²) in [5, 5.41) is 3.37. The van der Waals surface area contributed by atoms with E-state index in [0.29, 0.717) is 17.1 Å². The average molecular weight is 270 g/mol. The minimum Gasteiger partial charge on any atom is -0.376 e. The van der Waals surface area contributed by atoms with Gasteiger partial charge in [-0.2, -0.15) is 0 Å². The van der Waals surface area contributed by atoms with Crippen molar-refractivity contribution in [2.24, 2.45) is 5.73 Å². The number of rotatable bonds is 5. The number of nitrogens with two attached hydrogens (primary N) is 1. The second-order valence-electron chi connectivity index (χ2n) is 4.45. The predicted molar refractivity (Wildman–Crippen MR) is 77.3 cm³/mol. The molecule has 3 N–H and O–H groups in total. The zero-order chi connectivity index (χ0) is 13.7.